The summed E-state index contributed by atoms with van der Waals surface area (Å²) in [7, 11) is 1.81. The maximum atomic E-state index is 11.4. The Labute approximate surface area is 131 Å². The Bertz CT molecular complexity index is 336. The van der Waals surface area contributed by atoms with Gasteiger partial charge in [-0.2, -0.15) is 0 Å². The van der Waals surface area contributed by atoms with Gasteiger partial charge in [0.05, 0.1) is 5.69 Å². The molecule has 0 aliphatic carbocycles. The topological polar surface area (TPSA) is 61.9 Å². The Morgan fingerprint density at radius 2 is 2.21 bits per heavy atom. The molecule has 1 aromatic heterocycles. The third-order valence-electron chi connectivity index (χ3n) is 2.22. The minimum Gasteiger partial charge on any atom is -0.648 e. The number of aromatic nitrogens is 3. The minimum atomic E-state index is -0.220. The summed E-state index contributed by atoms with van der Waals surface area (Å²) in [6, 6.07) is 0. The van der Waals surface area contributed by atoms with Gasteiger partial charge in [-0.05, 0) is 12.8 Å². The van der Waals surface area contributed by atoms with Crippen LogP contribution in [0.1, 0.15) is 29.0 Å². The summed E-state index contributed by atoms with van der Waals surface area (Å²) in [4.78, 5) is 11.4. The van der Waals surface area contributed by atoms with Crippen LogP contribution in [0.3, 0.4) is 0 Å². The molecular formula is C8H11N4ORb. The van der Waals surface area contributed by atoms with Crippen molar-refractivity contribution in [2.24, 2.45) is 7.05 Å². The molecule has 0 saturated heterocycles. The van der Waals surface area contributed by atoms with Gasteiger partial charge in [0.25, 0.3) is 0 Å². The molecule has 1 aliphatic heterocycles. The summed E-state index contributed by atoms with van der Waals surface area (Å²) in [5, 5.41) is 11.5. The first-order valence-corrected chi connectivity index (χ1v) is 4.39. The third-order valence-corrected chi connectivity index (χ3v) is 2.22. The number of carbonyl (C=O) groups is 1. The van der Waals surface area contributed by atoms with Crippen molar-refractivity contribution in [2.45, 2.75) is 19.3 Å². The third kappa shape index (κ3) is 2.50. The van der Waals surface area contributed by atoms with Crippen molar-refractivity contribution in [3.05, 3.63) is 16.7 Å². The van der Waals surface area contributed by atoms with Gasteiger partial charge in [-0.15, -0.1) is 11.6 Å². The molecule has 1 aliphatic rings. The quantitative estimate of drug-likeness (QED) is 0.528. The van der Waals surface area contributed by atoms with E-state index in [0.29, 0.717) is 12.2 Å². The number of hydrogen-bond acceptors (Lipinski definition) is 3. The number of amides is 1. The van der Waals surface area contributed by atoms with Gasteiger partial charge < -0.3 is 10.1 Å². The SMILES string of the molecule is Cn1nnc2c1CCCC[N-]C2=O.[Rb+]. The van der Waals surface area contributed by atoms with Crippen molar-refractivity contribution in [1.82, 2.24) is 15.0 Å². The fourth-order valence-electron chi connectivity index (χ4n) is 1.48. The maximum absolute atomic E-state index is 11.4. The summed E-state index contributed by atoms with van der Waals surface area (Å²) in [6.45, 7) is 0.620. The zero-order chi connectivity index (χ0) is 9.26. The van der Waals surface area contributed by atoms with Crippen molar-refractivity contribution in [3.63, 3.8) is 0 Å². The second kappa shape index (κ2) is 5.49. The largest absolute Gasteiger partial charge is 1.00 e. The fourth-order valence-corrected chi connectivity index (χ4v) is 1.48. The average Bonchev–Trinajstić information content (AvgIpc) is 2.43. The average molecular weight is 265 g/mol. The molecule has 1 aromatic rings. The maximum Gasteiger partial charge on any atom is 1.00 e. The standard InChI is InChI=1S/C8H12N4O.Rb/c1-12-6-4-2-3-5-9-8(13)7(6)10-11-12;/h2-5H2,1H3,(H,9,13);/q;+1/p-1. The second-order valence-electron chi connectivity index (χ2n) is 3.15. The van der Waals surface area contributed by atoms with Gasteiger partial charge in [0, 0.05) is 7.05 Å². The van der Waals surface area contributed by atoms with E-state index in [9.17, 15) is 4.79 Å². The zero-order valence-electron chi connectivity index (χ0n) is 8.53. The predicted molar refractivity (Wildman–Crippen MR) is 46.5 cm³/mol. The normalized spacial score (nSPS) is 15.9. The van der Waals surface area contributed by atoms with E-state index in [4.69, 9.17) is 0 Å². The molecule has 5 nitrogen and oxygen atoms in total. The molecule has 0 radical (unpaired) electrons. The van der Waals surface area contributed by atoms with Crippen LogP contribution in [0, 0.1) is 0 Å². The van der Waals surface area contributed by atoms with Crippen LogP contribution in [0.5, 0.6) is 0 Å². The van der Waals surface area contributed by atoms with Gasteiger partial charge in [0.15, 0.2) is 0 Å². The number of carbonyl (C=O) groups excluding carboxylic acids is 1. The van der Waals surface area contributed by atoms with E-state index in [1.54, 1.807) is 11.7 Å². The Morgan fingerprint density at radius 1 is 1.43 bits per heavy atom. The van der Waals surface area contributed by atoms with Crippen LogP contribution in [0.4, 0.5) is 0 Å². The number of hydrogen-bond donors (Lipinski definition) is 0. The minimum absolute atomic E-state index is 0. The summed E-state index contributed by atoms with van der Waals surface area (Å²) in [5.41, 5.74) is 1.34. The van der Waals surface area contributed by atoms with Gasteiger partial charge >= 0.3 is 58.2 Å². The van der Waals surface area contributed by atoms with Crippen molar-refractivity contribution in [2.75, 3.05) is 6.54 Å². The first-order chi connectivity index (χ1) is 6.29. The number of aryl methyl sites for hydroxylation is 1. The van der Waals surface area contributed by atoms with Crippen LogP contribution in [-0.2, 0) is 13.5 Å². The summed E-state index contributed by atoms with van der Waals surface area (Å²) < 4.78 is 1.66. The van der Waals surface area contributed by atoms with Crippen LogP contribution in [0.15, 0.2) is 0 Å². The second-order valence-corrected chi connectivity index (χ2v) is 3.15. The monoisotopic (exact) mass is 264 g/mol. The molecule has 14 heavy (non-hydrogen) atoms. The molecule has 6 heteroatoms. The van der Waals surface area contributed by atoms with Gasteiger partial charge in [-0.3, -0.25) is 4.68 Å². The zero-order valence-corrected chi connectivity index (χ0v) is 13.4. The predicted octanol–water partition coefficient (Wildman–Crippen LogP) is -2.33. The van der Waals surface area contributed by atoms with E-state index >= 15 is 0 Å². The van der Waals surface area contributed by atoms with Crippen LogP contribution in [-0.4, -0.2) is 27.4 Å². The van der Waals surface area contributed by atoms with Crippen molar-refractivity contribution >= 4 is 5.91 Å². The van der Waals surface area contributed by atoms with E-state index in [1.807, 2.05) is 0 Å². The fraction of sp³-hybridized carbons (Fsp3) is 0.625. The van der Waals surface area contributed by atoms with E-state index < -0.39 is 0 Å². The van der Waals surface area contributed by atoms with Gasteiger partial charge in [-0.25, -0.2) is 0 Å². The molecule has 2 rings (SSSR count). The van der Waals surface area contributed by atoms with Crippen LogP contribution in [0.25, 0.3) is 5.32 Å². The van der Waals surface area contributed by atoms with Crippen LogP contribution in [0.2, 0.25) is 0 Å². The molecule has 0 saturated carbocycles. The smallest absolute Gasteiger partial charge is 0.648 e. The Hall–Kier alpha value is 0.415. The van der Waals surface area contributed by atoms with Gasteiger partial charge in [0.2, 0.25) is 0 Å². The first kappa shape index (κ1) is 12.5. The number of nitrogens with zero attached hydrogens (tertiary/aromatic N) is 4. The molecule has 1 amide bonds. The number of rotatable bonds is 0. The molecule has 0 unspecified atom stereocenters. The molecule has 70 valence electrons. The van der Waals surface area contributed by atoms with E-state index in [-0.39, 0.29) is 64.1 Å². The van der Waals surface area contributed by atoms with E-state index in [0.717, 1.165) is 25.0 Å². The van der Waals surface area contributed by atoms with Crippen molar-refractivity contribution < 1.29 is 63.0 Å². The van der Waals surface area contributed by atoms with Crippen LogP contribution < -0.4 is 58.2 Å². The van der Waals surface area contributed by atoms with Crippen LogP contribution >= 0.6 is 0 Å². The molecule has 0 fully saturated rings. The van der Waals surface area contributed by atoms with Crippen molar-refractivity contribution in [3.8, 4) is 0 Å². The Morgan fingerprint density at radius 3 is 3.00 bits per heavy atom. The van der Waals surface area contributed by atoms with E-state index in [2.05, 4.69) is 15.6 Å². The summed E-state index contributed by atoms with van der Waals surface area (Å²) >= 11 is 0. The molecule has 0 N–H and O–H groups in total. The molecule has 0 aromatic carbocycles. The van der Waals surface area contributed by atoms with Crippen molar-refractivity contribution in [1.29, 1.82) is 0 Å². The Kier molecular flexibility index (Phi) is 4.89. The first-order valence-electron chi connectivity index (χ1n) is 4.39. The molecule has 0 bridgehead atoms. The number of fused-ring (bicyclic) bond motifs is 1. The van der Waals surface area contributed by atoms with Gasteiger partial charge in [0.1, 0.15) is 11.6 Å². The molecular weight excluding hydrogens is 254 g/mol. The summed E-state index contributed by atoms with van der Waals surface area (Å²) in [6.07, 6.45) is 2.89. The Balaban J connectivity index is 0.000000980. The molecule has 2 heterocycles. The van der Waals surface area contributed by atoms with Gasteiger partial charge in [-0.1, -0.05) is 11.6 Å². The molecule has 0 spiro atoms. The van der Waals surface area contributed by atoms with E-state index in [1.165, 1.54) is 0 Å². The summed E-state index contributed by atoms with van der Waals surface area (Å²) in [5.74, 6) is -0.220. The molecule has 0 atom stereocenters.